The van der Waals surface area contributed by atoms with Crippen LogP contribution in [0.3, 0.4) is 0 Å². The maximum atomic E-state index is 5.69. The maximum Gasteiger partial charge on any atom is 0.195 e. The number of methoxy groups -OCH3 is 1. The van der Waals surface area contributed by atoms with Crippen LogP contribution in [0.1, 0.15) is 32.6 Å². The summed E-state index contributed by atoms with van der Waals surface area (Å²) in [7, 11) is 3.48. The number of guanidine groups is 1. The van der Waals surface area contributed by atoms with Gasteiger partial charge in [-0.3, -0.25) is 9.89 Å². The third kappa shape index (κ3) is 6.30. The summed E-state index contributed by atoms with van der Waals surface area (Å²) in [5.74, 6) is 4.78. The molecule has 0 amide bonds. The molecule has 2 aliphatic rings. The first-order valence-electron chi connectivity index (χ1n) is 10.3. The van der Waals surface area contributed by atoms with E-state index in [0.717, 1.165) is 29.7 Å². The molecule has 8 heteroatoms. The van der Waals surface area contributed by atoms with Gasteiger partial charge in [-0.05, 0) is 31.9 Å². The number of hydrogen-bond donors (Lipinski definition) is 2. The minimum atomic E-state index is 0. The number of rotatable bonds is 7. The van der Waals surface area contributed by atoms with Gasteiger partial charge in [0.05, 0.1) is 13.7 Å². The molecule has 2 fully saturated rings. The van der Waals surface area contributed by atoms with Crippen LogP contribution in [0, 0.1) is 0 Å². The number of aliphatic imine (C=N–C) groups is 1. The number of anilines is 1. The van der Waals surface area contributed by atoms with E-state index in [-0.39, 0.29) is 29.5 Å². The van der Waals surface area contributed by atoms with E-state index in [4.69, 9.17) is 9.47 Å². The fourth-order valence-electron chi connectivity index (χ4n) is 4.26. The second-order valence-corrected chi connectivity index (χ2v) is 8.61. The van der Waals surface area contributed by atoms with Crippen LogP contribution in [0.5, 0.6) is 11.5 Å². The SMILES string of the molecule is CCOc1cc(NC(=NC)NCC2(N3CCSCC3)CCCC2)ccc1OC.I. The lowest BCUT2D eigenvalue weighted by atomic mass is 9.94. The van der Waals surface area contributed by atoms with Crippen LogP contribution in [-0.2, 0) is 0 Å². The molecule has 6 nitrogen and oxygen atoms in total. The van der Waals surface area contributed by atoms with Gasteiger partial charge in [0, 0.05) is 55.5 Å². The summed E-state index contributed by atoms with van der Waals surface area (Å²) in [5.41, 5.74) is 1.21. The van der Waals surface area contributed by atoms with E-state index in [1.165, 1.54) is 50.3 Å². The molecule has 1 aliphatic carbocycles. The maximum absolute atomic E-state index is 5.69. The molecule has 2 N–H and O–H groups in total. The quantitative estimate of drug-likeness (QED) is 0.313. The fraction of sp³-hybridized carbons (Fsp3) is 0.667. The lowest BCUT2D eigenvalue weighted by molar-refractivity contribution is 0.107. The van der Waals surface area contributed by atoms with Crippen LogP contribution >= 0.6 is 35.7 Å². The topological polar surface area (TPSA) is 58.1 Å². The predicted molar refractivity (Wildman–Crippen MR) is 135 cm³/mol. The number of hydrogen-bond acceptors (Lipinski definition) is 5. The molecule has 1 heterocycles. The van der Waals surface area contributed by atoms with Crippen molar-refractivity contribution in [2.24, 2.45) is 4.99 Å². The van der Waals surface area contributed by atoms with Crippen LogP contribution in [0.4, 0.5) is 5.69 Å². The lowest BCUT2D eigenvalue weighted by Crippen LogP contribution is -2.57. The zero-order chi connectivity index (χ0) is 19.8. The van der Waals surface area contributed by atoms with E-state index in [2.05, 4.69) is 32.3 Å². The number of ether oxygens (including phenoxy) is 2. The van der Waals surface area contributed by atoms with Crippen molar-refractivity contribution in [3.05, 3.63) is 18.2 Å². The number of thioether (sulfide) groups is 1. The number of halogens is 1. The summed E-state index contributed by atoms with van der Waals surface area (Å²) in [5, 5.41) is 7.00. The number of nitrogens with zero attached hydrogens (tertiary/aromatic N) is 2. The molecule has 1 aliphatic heterocycles. The van der Waals surface area contributed by atoms with Crippen LogP contribution in [-0.4, -0.2) is 68.3 Å². The number of benzene rings is 1. The summed E-state index contributed by atoms with van der Waals surface area (Å²) in [6.07, 6.45) is 5.21. The fourth-order valence-corrected chi connectivity index (χ4v) is 5.17. The predicted octanol–water partition coefficient (Wildman–Crippen LogP) is 4.06. The van der Waals surface area contributed by atoms with Gasteiger partial charge in [-0.1, -0.05) is 12.8 Å². The number of nitrogens with one attached hydrogen (secondary N) is 2. The summed E-state index contributed by atoms with van der Waals surface area (Å²) >= 11 is 2.07. The van der Waals surface area contributed by atoms with Crippen molar-refractivity contribution >= 4 is 47.4 Å². The first-order chi connectivity index (χ1) is 13.7. The normalized spacial score (nSPS) is 19.3. The highest BCUT2D eigenvalue weighted by molar-refractivity contribution is 14.0. The smallest absolute Gasteiger partial charge is 0.195 e. The van der Waals surface area contributed by atoms with Crippen molar-refractivity contribution in [1.82, 2.24) is 10.2 Å². The van der Waals surface area contributed by atoms with Gasteiger partial charge in [-0.2, -0.15) is 11.8 Å². The van der Waals surface area contributed by atoms with E-state index >= 15 is 0 Å². The van der Waals surface area contributed by atoms with Gasteiger partial charge in [-0.15, -0.1) is 24.0 Å². The largest absolute Gasteiger partial charge is 0.493 e. The molecule has 29 heavy (non-hydrogen) atoms. The third-order valence-electron chi connectivity index (χ3n) is 5.75. The van der Waals surface area contributed by atoms with E-state index in [9.17, 15) is 0 Å². The highest BCUT2D eigenvalue weighted by Gasteiger charge is 2.39. The molecule has 1 aromatic carbocycles. The summed E-state index contributed by atoms with van der Waals surface area (Å²) in [6.45, 7) is 5.92. The van der Waals surface area contributed by atoms with E-state index in [1.807, 2.05) is 32.2 Å². The van der Waals surface area contributed by atoms with E-state index in [0.29, 0.717) is 6.61 Å². The Kier molecular flexibility index (Phi) is 10.2. The molecule has 164 valence electrons. The molecule has 3 rings (SSSR count). The van der Waals surface area contributed by atoms with E-state index in [1.54, 1.807) is 7.11 Å². The molecule has 0 aromatic heterocycles. The Morgan fingerprint density at radius 3 is 2.55 bits per heavy atom. The van der Waals surface area contributed by atoms with Crippen molar-refractivity contribution in [3.8, 4) is 11.5 Å². The molecule has 1 saturated carbocycles. The molecule has 1 saturated heterocycles. The van der Waals surface area contributed by atoms with Crippen LogP contribution in [0.2, 0.25) is 0 Å². The summed E-state index contributed by atoms with van der Waals surface area (Å²) < 4.78 is 11.1. The van der Waals surface area contributed by atoms with Gasteiger partial charge < -0.3 is 20.1 Å². The van der Waals surface area contributed by atoms with E-state index < -0.39 is 0 Å². The first-order valence-corrected chi connectivity index (χ1v) is 11.5. The monoisotopic (exact) mass is 534 g/mol. The zero-order valence-corrected chi connectivity index (χ0v) is 21.0. The molecule has 0 bridgehead atoms. The second kappa shape index (κ2) is 12.1. The van der Waals surface area contributed by atoms with Gasteiger partial charge in [0.1, 0.15) is 0 Å². The molecular weight excluding hydrogens is 499 g/mol. The van der Waals surface area contributed by atoms with Gasteiger partial charge in [0.15, 0.2) is 17.5 Å². The lowest BCUT2D eigenvalue weighted by Gasteiger charge is -2.43. The highest BCUT2D eigenvalue weighted by atomic mass is 127. The Labute approximate surface area is 196 Å². The van der Waals surface area contributed by atoms with Gasteiger partial charge >= 0.3 is 0 Å². The average molecular weight is 535 g/mol. The van der Waals surface area contributed by atoms with Crippen molar-refractivity contribution in [3.63, 3.8) is 0 Å². The second-order valence-electron chi connectivity index (χ2n) is 7.38. The van der Waals surface area contributed by atoms with Gasteiger partial charge in [-0.25, -0.2) is 0 Å². The Bertz CT molecular complexity index is 662. The standard InChI is InChI=1S/C21H34N4O2S.HI/c1-4-27-19-15-17(7-8-18(19)26-3)24-20(22-2)23-16-21(9-5-6-10-21)25-11-13-28-14-12-25;/h7-8,15H,4-6,9-14,16H2,1-3H3,(H2,22,23,24);1H. The molecule has 0 atom stereocenters. The minimum Gasteiger partial charge on any atom is -0.493 e. The van der Waals surface area contributed by atoms with Crippen molar-refractivity contribution in [2.75, 3.05) is 57.2 Å². The van der Waals surface area contributed by atoms with Crippen LogP contribution in [0.15, 0.2) is 23.2 Å². The molecule has 0 unspecified atom stereocenters. The van der Waals surface area contributed by atoms with Crippen molar-refractivity contribution < 1.29 is 9.47 Å². The molecular formula is C21H35IN4O2S. The first kappa shape index (κ1) is 24.4. The Morgan fingerprint density at radius 2 is 1.93 bits per heavy atom. The van der Waals surface area contributed by atoms with Crippen molar-refractivity contribution in [2.45, 2.75) is 38.1 Å². The molecule has 0 radical (unpaired) electrons. The molecule has 1 aromatic rings. The van der Waals surface area contributed by atoms with Gasteiger partial charge in [0.25, 0.3) is 0 Å². The average Bonchev–Trinajstić information content (AvgIpc) is 3.22. The summed E-state index contributed by atoms with van der Waals surface area (Å²) in [4.78, 5) is 7.16. The minimum absolute atomic E-state index is 0. The van der Waals surface area contributed by atoms with Crippen LogP contribution in [0.25, 0.3) is 0 Å². The third-order valence-corrected chi connectivity index (χ3v) is 6.69. The highest BCUT2D eigenvalue weighted by Crippen LogP contribution is 2.36. The van der Waals surface area contributed by atoms with Gasteiger partial charge in [0.2, 0.25) is 0 Å². The zero-order valence-electron chi connectivity index (χ0n) is 17.8. The Hall–Kier alpha value is -0.870. The Morgan fingerprint density at radius 1 is 1.21 bits per heavy atom. The van der Waals surface area contributed by atoms with Crippen LogP contribution < -0.4 is 20.1 Å². The summed E-state index contributed by atoms with van der Waals surface area (Å²) in [6, 6.07) is 5.87. The molecule has 0 spiro atoms. The Balaban J connectivity index is 0.00000300. The van der Waals surface area contributed by atoms with Crippen molar-refractivity contribution in [1.29, 1.82) is 0 Å².